The van der Waals surface area contributed by atoms with Gasteiger partial charge in [-0.25, -0.2) is 0 Å². The van der Waals surface area contributed by atoms with Crippen LogP contribution in [-0.4, -0.2) is 29.4 Å². The van der Waals surface area contributed by atoms with E-state index in [1.807, 2.05) is 24.3 Å². The molecule has 4 heteroatoms. The van der Waals surface area contributed by atoms with Crippen molar-refractivity contribution in [2.24, 2.45) is 11.5 Å². The minimum absolute atomic E-state index is 0.358. The molecule has 0 bridgehead atoms. The van der Waals surface area contributed by atoms with Gasteiger partial charge in [0.2, 0.25) is 0 Å². The van der Waals surface area contributed by atoms with E-state index in [-0.39, 0.29) is 0 Å². The molecular weight excluding hydrogens is 204 g/mol. The van der Waals surface area contributed by atoms with Crippen molar-refractivity contribution in [1.29, 1.82) is 0 Å². The van der Waals surface area contributed by atoms with Crippen molar-refractivity contribution in [1.82, 2.24) is 0 Å². The van der Waals surface area contributed by atoms with Gasteiger partial charge >= 0.3 is 0 Å². The molecule has 90 valence electrons. The van der Waals surface area contributed by atoms with Gasteiger partial charge < -0.3 is 21.7 Å². The molecule has 1 aromatic carbocycles. The van der Waals surface area contributed by atoms with E-state index in [0.717, 1.165) is 11.1 Å². The van der Waals surface area contributed by atoms with Crippen molar-refractivity contribution in [3.8, 4) is 0 Å². The average molecular weight is 224 g/mol. The van der Waals surface area contributed by atoms with Gasteiger partial charge in [-0.1, -0.05) is 24.3 Å². The summed E-state index contributed by atoms with van der Waals surface area (Å²) in [5, 5.41) is 19.7. The molecule has 16 heavy (non-hydrogen) atoms. The summed E-state index contributed by atoms with van der Waals surface area (Å²) in [6, 6.07) is 7.47. The highest BCUT2D eigenvalue weighted by Crippen LogP contribution is 2.22. The molecular formula is C12H20N2O2. The third kappa shape index (κ3) is 3.28. The van der Waals surface area contributed by atoms with E-state index in [1.54, 1.807) is 0 Å². The largest absolute Gasteiger partial charge is 0.390 e. The van der Waals surface area contributed by atoms with Crippen LogP contribution in [0.5, 0.6) is 0 Å². The average Bonchev–Trinajstić information content (AvgIpc) is 2.29. The lowest BCUT2D eigenvalue weighted by atomic mass is 9.95. The minimum atomic E-state index is -0.883. The van der Waals surface area contributed by atoms with Crippen molar-refractivity contribution in [3.05, 3.63) is 35.4 Å². The van der Waals surface area contributed by atoms with Gasteiger partial charge in [0, 0.05) is 0 Å². The molecule has 0 aliphatic carbocycles. The van der Waals surface area contributed by atoms with Crippen LogP contribution in [0.4, 0.5) is 0 Å². The molecule has 0 radical (unpaired) electrons. The Bertz CT molecular complexity index is 318. The Hall–Kier alpha value is -0.940. The molecule has 0 aromatic heterocycles. The highest BCUT2D eigenvalue weighted by Gasteiger charge is 2.19. The minimum Gasteiger partial charge on any atom is -0.390 e. The summed E-state index contributed by atoms with van der Waals surface area (Å²) in [7, 11) is 0. The Kier molecular flexibility index (Phi) is 5.42. The zero-order valence-electron chi connectivity index (χ0n) is 9.34. The summed E-state index contributed by atoms with van der Waals surface area (Å²) >= 11 is 0. The van der Waals surface area contributed by atoms with E-state index in [0.29, 0.717) is 25.9 Å². The highest BCUT2D eigenvalue weighted by atomic mass is 16.3. The van der Waals surface area contributed by atoms with Crippen LogP contribution in [0.3, 0.4) is 0 Å². The van der Waals surface area contributed by atoms with Gasteiger partial charge in [-0.3, -0.25) is 0 Å². The fraction of sp³-hybridized carbons (Fsp3) is 0.500. The molecule has 0 saturated carbocycles. The molecule has 0 heterocycles. The maximum Gasteiger partial charge on any atom is 0.105 e. The number of benzene rings is 1. The Labute approximate surface area is 95.9 Å². The van der Waals surface area contributed by atoms with Gasteiger partial charge in [0.05, 0.1) is 6.10 Å². The monoisotopic (exact) mass is 224 g/mol. The lowest BCUT2D eigenvalue weighted by Gasteiger charge is -2.20. The smallest absolute Gasteiger partial charge is 0.105 e. The van der Waals surface area contributed by atoms with E-state index >= 15 is 0 Å². The molecule has 0 aliphatic heterocycles. The molecule has 2 atom stereocenters. The highest BCUT2D eigenvalue weighted by molar-refractivity contribution is 5.30. The van der Waals surface area contributed by atoms with Crippen LogP contribution < -0.4 is 11.5 Å². The molecule has 0 spiro atoms. The summed E-state index contributed by atoms with van der Waals surface area (Å²) in [6.07, 6.45) is -0.615. The number of rotatable bonds is 6. The Morgan fingerprint density at radius 2 is 1.75 bits per heavy atom. The van der Waals surface area contributed by atoms with Crippen LogP contribution >= 0.6 is 0 Å². The predicted octanol–water partition coefficient (Wildman–Crippen LogP) is -0.0691. The Balaban J connectivity index is 2.84. The second kappa shape index (κ2) is 6.60. The summed E-state index contributed by atoms with van der Waals surface area (Å²) < 4.78 is 0. The number of nitrogens with two attached hydrogens (primary N) is 2. The van der Waals surface area contributed by atoms with Gasteiger partial charge in [-0.2, -0.15) is 0 Å². The van der Waals surface area contributed by atoms with Crippen LogP contribution in [-0.2, 0) is 6.42 Å². The van der Waals surface area contributed by atoms with Crippen molar-refractivity contribution in [3.63, 3.8) is 0 Å². The summed E-state index contributed by atoms with van der Waals surface area (Å²) in [5.74, 6) is 0. The zero-order valence-corrected chi connectivity index (χ0v) is 9.34. The van der Waals surface area contributed by atoms with Crippen molar-refractivity contribution < 1.29 is 10.2 Å². The van der Waals surface area contributed by atoms with E-state index < -0.39 is 12.2 Å². The van der Waals surface area contributed by atoms with Gasteiger partial charge in [-0.05, 0) is 37.1 Å². The summed E-state index contributed by atoms with van der Waals surface area (Å²) in [4.78, 5) is 0. The van der Waals surface area contributed by atoms with E-state index in [9.17, 15) is 10.2 Å². The van der Waals surface area contributed by atoms with E-state index in [4.69, 9.17) is 11.5 Å². The van der Waals surface area contributed by atoms with E-state index in [1.165, 1.54) is 0 Å². The predicted molar refractivity (Wildman–Crippen MR) is 63.8 cm³/mol. The fourth-order valence-corrected chi connectivity index (χ4v) is 1.74. The van der Waals surface area contributed by atoms with Crippen LogP contribution in [0.15, 0.2) is 24.3 Å². The number of aliphatic hydroxyl groups is 2. The third-order valence-electron chi connectivity index (χ3n) is 2.61. The maximum atomic E-state index is 9.98. The number of hydrogen-bond donors (Lipinski definition) is 4. The van der Waals surface area contributed by atoms with E-state index in [2.05, 4.69) is 0 Å². The van der Waals surface area contributed by atoms with Crippen molar-refractivity contribution >= 4 is 0 Å². The molecule has 0 aliphatic rings. The molecule has 0 amide bonds. The standard InChI is InChI=1S/C12H20N2O2/c13-7-5-9-3-1-2-4-10(9)12(16)11(15)6-8-14/h1-4,11-12,15-16H,5-8,13-14H2. The normalized spacial score (nSPS) is 14.8. The van der Waals surface area contributed by atoms with Crippen LogP contribution in [0.2, 0.25) is 0 Å². The quantitative estimate of drug-likeness (QED) is 0.544. The van der Waals surface area contributed by atoms with Gasteiger partial charge in [-0.15, -0.1) is 0 Å². The Morgan fingerprint density at radius 1 is 1.06 bits per heavy atom. The molecule has 6 N–H and O–H groups in total. The van der Waals surface area contributed by atoms with Crippen LogP contribution in [0, 0.1) is 0 Å². The van der Waals surface area contributed by atoms with Crippen LogP contribution in [0.25, 0.3) is 0 Å². The van der Waals surface area contributed by atoms with Crippen molar-refractivity contribution in [2.75, 3.05) is 13.1 Å². The lowest BCUT2D eigenvalue weighted by Crippen LogP contribution is -2.23. The number of hydrogen-bond acceptors (Lipinski definition) is 4. The molecule has 4 nitrogen and oxygen atoms in total. The molecule has 1 rings (SSSR count). The zero-order chi connectivity index (χ0) is 12.0. The lowest BCUT2D eigenvalue weighted by molar-refractivity contribution is 0.0145. The first-order chi connectivity index (χ1) is 7.70. The molecule has 1 aromatic rings. The first-order valence-electron chi connectivity index (χ1n) is 5.54. The SMILES string of the molecule is NCCc1ccccc1C(O)C(O)CCN. The van der Waals surface area contributed by atoms with Gasteiger partial charge in [0.1, 0.15) is 6.10 Å². The number of aliphatic hydroxyl groups excluding tert-OH is 2. The Morgan fingerprint density at radius 3 is 2.38 bits per heavy atom. The molecule has 2 unspecified atom stereocenters. The molecule has 0 saturated heterocycles. The molecule has 0 fully saturated rings. The van der Waals surface area contributed by atoms with Gasteiger partial charge in [0.25, 0.3) is 0 Å². The third-order valence-corrected chi connectivity index (χ3v) is 2.61. The van der Waals surface area contributed by atoms with Crippen LogP contribution in [0.1, 0.15) is 23.7 Å². The first kappa shape index (κ1) is 13.1. The second-order valence-corrected chi connectivity index (χ2v) is 3.83. The topological polar surface area (TPSA) is 92.5 Å². The summed E-state index contributed by atoms with van der Waals surface area (Å²) in [6.45, 7) is 0.883. The fourth-order valence-electron chi connectivity index (χ4n) is 1.74. The maximum absolute atomic E-state index is 9.98. The van der Waals surface area contributed by atoms with Crippen molar-refractivity contribution in [2.45, 2.75) is 25.0 Å². The second-order valence-electron chi connectivity index (χ2n) is 3.83. The first-order valence-corrected chi connectivity index (χ1v) is 5.54. The summed E-state index contributed by atoms with van der Waals surface area (Å²) in [5.41, 5.74) is 12.6. The van der Waals surface area contributed by atoms with Gasteiger partial charge in [0.15, 0.2) is 0 Å².